The number of hydrogen-bond acceptors (Lipinski definition) is 2. The van der Waals surface area contributed by atoms with Crippen molar-refractivity contribution in [3.05, 3.63) is 29.6 Å². The molecule has 1 unspecified atom stereocenters. The number of aromatic nitrogens is 1. The van der Waals surface area contributed by atoms with Crippen LogP contribution in [0.3, 0.4) is 0 Å². The minimum atomic E-state index is 0.421. The van der Waals surface area contributed by atoms with Gasteiger partial charge in [-0.3, -0.25) is 4.98 Å². The average Bonchev–Trinajstić information content (AvgIpc) is 2.37. The lowest BCUT2D eigenvalue weighted by Crippen LogP contribution is -2.23. The van der Waals surface area contributed by atoms with Crippen LogP contribution < -0.4 is 5.32 Å². The van der Waals surface area contributed by atoms with E-state index in [1.54, 1.807) is 0 Å². The standard InChI is InChI=1S/C16H28N2/c1-5-14-10-8-12-18-16(14)15(17-6-2)11-7-9-13(3)4/h8,10,12-13,15,17H,5-7,9,11H2,1-4H3. The third-order valence-electron chi connectivity index (χ3n) is 3.36. The molecule has 0 aliphatic heterocycles. The van der Waals surface area contributed by atoms with Gasteiger partial charge >= 0.3 is 0 Å². The number of hydrogen-bond donors (Lipinski definition) is 1. The first-order valence-corrected chi connectivity index (χ1v) is 7.36. The van der Waals surface area contributed by atoms with Crippen LogP contribution in [0.5, 0.6) is 0 Å². The summed E-state index contributed by atoms with van der Waals surface area (Å²) in [5.74, 6) is 0.793. The molecule has 1 aromatic rings. The van der Waals surface area contributed by atoms with E-state index in [9.17, 15) is 0 Å². The van der Waals surface area contributed by atoms with Gasteiger partial charge in [-0.05, 0) is 36.9 Å². The van der Waals surface area contributed by atoms with Gasteiger partial charge in [-0.1, -0.05) is 46.6 Å². The molecule has 2 nitrogen and oxygen atoms in total. The molecule has 0 fully saturated rings. The number of pyridine rings is 1. The lowest BCUT2D eigenvalue weighted by Gasteiger charge is -2.20. The molecule has 1 aromatic heterocycles. The summed E-state index contributed by atoms with van der Waals surface area (Å²) in [6.45, 7) is 9.97. The minimum Gasteiger partial charge on any atom is -0.309 e. The molecule has 0 radical (unpaired) electrons. The number of aryl methyl sites for hydroxylation is 1. The van der Waals surface area contributed by atoms with E-state index < -0.39 is 0 Å². The van der Waals surface area contributed by atoms with E-state index in [-0.39, 0.29) is 0 Å². The zero-order chi connectivity index (χ0) is 13.4. The smallest absolute Gasteiger partial charge is 0.0604 e. The van der Waals surface area contributed by atoms with E-state index in [1.807, 2.05) is 12.3 Å². The Morgan fingerprint density at radius 3 is 2.61 bits per heavy atom. The second-order valence-corrected chi connectivity index (χ2v) is 5.34. The van der Waals surface area contributed by atoms with Crippen LogP contribution >= 0.6 is 0 Å². The molecule has 102 valence electrons. The van der Waals surface area contributed by atoms with Gasteiger partial charge in [0.05, 0.1) is 5.69 Å². The van der Waals surface area contributed by atoms with E-state index in [0.717, 1.165) is 18.9 Å². The molecule has 0 aliphatic carbocycles. The second kappa shape index (κ2) is 8.25. The predicted molar refractivity (Wildman–Crippen MR) is 78.7 cm³/mol. The molecule has 0 aliphatic rings. The van der Waals surface area contributed by atoms with Gasteiger partial charge in [0.1, 0.15) is 0 Å². The van der Waals surface area contributed by atoms with Gasteiger partial charge in [-0.15, -0.1) is 0 Å². The fraction of sp³-hybridized carbons (Fsp3) is 0.688. The maximum atomic E-state index is 4.60. The normalized spacial score (nSPS) is 12.9. The van der Waals surface area contributed by atoms with E-state index in [0.29, 0.717) is 6.04 Å². The lowest BCUT2D eigenvalue weighted by molar-refractivity contribution is 0.446. The summed E-state index contributed by atoms with van der Waals surface area (Å²) in [6, 6.07) is 4.67. The van der Waals surface area contributed by atoms with Gasteiger partial charge in [0.2, 0.25) is 0 Å². The Morgan fingerprint density at radius 2 is 2.00 bits per heavy atom. The first-order valence-electron chi connectivity index (χ1n) is 7.36. The van der Waals surface area contributed by atoms with Gasteiger partial charge < -0.3 is 5.32 Å². The van der Waals surface area contributed by atoms with Crippen LogP contribution in [0.25, 0.3) is 0 Å². The van der Waals surface area contributed by atoms with Crippen LogP contribution in [0.2, 0.25) is 0 Å². The van der Waals surface area contributed by atoms with E-state index in [1.165, 1.54) is 30.5 Å². The van der Waals surface area contributed by atoms with Crippen LogP contribution in [0.4, 0.5) is 0 Å². The summed E-state index contributed by atoms with van der Waals surface area (Å²) in [6.07, 6.45) is 6.75. The molecular formula is C16H28N2. The summed E-state index contributed by atoms with van der Waals surface area (Å²) in [4.78, 5) is 4.60. The number of rotatable bonds is 8. The second-order valence-electron chi connectivity index (χ2n) is 5.34. The molecule has 1 heterocycles. The summed E-state index contributed by atoms with van der Waals surface area (Å²) in [5.41, 5.74) is 2.64. The molecule has 1 N–H and O–H groups in total. The molecule has 0 aromatic carbocycles. The predicted octanol–water partition coefficient (Wildman–Crippen LogP) is 4.12. The van der Waals surface area contributed by atoms with Crippen molar-refractivity contribution in [3.63, 3.8) is 0 Å². The van der Waals surface area contributed by atoms with Crippen molar-refractivity contribution in [2.45, 2.75) is 59.4 Å². The first-order chi connectivity index (χ1) is 8.69. The van der Waals surface area contributed by atoms with Crippen molar-refractivity contribution < 1.29 is 0 Å². The van der Waals surface area contributed by atoms with Crippen molar-refractivity contribution in [2.24, 2.45) is 5.92 Å². The highest BCUT2D eigenvalue weighted by Gasteiger charge is 2.14. The Hall–Kier alpha value is -0.890. The molecule has 0 saturated heterocycles. The third-order valence-corrected chi connectivity index (χ3v) is 3.36. The van der Waals surface area contributed by atoms with Gasteiger partial charge in [-0.25, -0.2) is 0 Å². The van der Waals surface area contributed by atoms with Crippen LogP contribution in [0.1, 0.15) is 64.3 Å². The van der Waals surface area contributed by atoms with E-state index >= 15 is 0 Å². The topological polar surface area (TPSA) is 24.9 Å². The molecule has 18 heavy (non-hydrogen) atoms. The summed E-state index contributed by atoms with van der Waals surface area (Å²) >= 11 is 0. The van der Waals surface area contributed by atoms with Crippen molar-refractivity contribution in [3.8, 4) is 0 Å². The van der Waals surface area contributed by atoms with Gasteiger partial charge in [-0.2, -0.15) is 0 Å². The Labute approximate surface area is 112 Å². The van der Waals surface area contributed by atoms with Gasteiger partial charge in [0, 0.05) is 12.2 Å². The van der Waals surface area contributed by atoms with E-state index in [2.05, 4.69) is 44.1 Å². The zero-order valence-electron chi connectivity index (χ0n) is 12.4. The Morgan fingerprint density at radius 1 is 1.22 bits per heavy atom. The average molecular weight is 248 g/mol. The Balaban J connectivity index is 2.70. The summed E-state index contributed by atoms with van der Waals surface area (Å²) < 4.78 is 0. The quantitative estimate of drug-likeness (QED) is 0.748. The number of nitrogens with zero attached hydrogens (tertiary/aromatic N) is 1. The molecule has 0 amide bonds. The van der Waals surface area contributed by atoms with Crippen molar-refractivity contribution >= 4 is 0 Å². The molecule has 0 spiro atoms. The molecule has 0 saturated carbocycles. The summed E-state index contributed by atoms with van der Waals surface area (Å²) in [5, 5.41) is 3.58. The third kappa shape index (κ3) is 4.77. The van der Waals surface area contributed by atoms with Gasteiger partial charge in [0.15, 0.2) is 0 Å². The van der Waals surface area contributed by atoms with Crippen LogP contribution in [0, 0.1) is 5.92 Å². The minimum absolute atomic E-state index is 0.421. The van der Waals surface area contributed by atoms with Crippen molar-refractivity contribution in [1.29, 1.82) is 0 Å². The van der Waals surface area contributed by atoms with Crippen LogP contribution in [-0.4, -0.2) is 11.5 Å². The highest BCUT2D eigenvalue weighted by atomic mass is 14.9. The largest absolute Gasteiger partial charge is 0.309 e. The molecule has 1 atom stereocenters. The SMILES string of the molecule is CCNC(CCCC(C)C)c1ncccc1CC. The number of nitrogens with one attached hydrogen (secondary N) is 1. The maximum absolute atomic E-state index is 4.60. The first kappa shape index (κ1) is 15.2. The highest BCUT2D eigenvalue weighted by molar-refractivity contribution is 5.22. The Bertz CT molecular complexity index is 334. The van der Waals surface area contributed by atoms with E-state index in [4.69, 9.17) is 0 Å². The molecule has 0 bridgehead atoms. The van der Waals surface area contributed by atoms with Crippen LogP contribution in [-0.2, 0) is 6.42 Å². The molecular weight excluding hydrogens is 220 g/mol. The fourth-order valence-corrected chi connectivity index (χ4v) is 2.38. The zero-order valence-corrected chi connectivity index (χ0v) is 12.4. The monoisotopic (exact) mass is 248 g/mol. The lowest BCUT2D eigenvalue weighted by atomic mass is 9.97. The fourth-order valence-electron chi connectivity index (χ4n) is 2.38. The van der Waals surface area contributed by atoms with Gasteiger partial charge in [0.25, 0.3) is 0 Å². The van der Waals surface area contributed by atoms with Crippen molar-refractivity contribution in [2.75, 3.05) is 6.54 Å². The summed E-state index contributed by atoms with van der Waals surface area (Å²) in [7, 11) is 0. The highest BCUT2D eigenvalue weighted by Crippen LogP contribution is 2.22. The van der Waals surface area contributed by atoms with Crippen molar-refractivity contribution in [1.82, 2.24) is 10.3 Å². The maximum Gasteiger partial charge on any atom is 0.0604 e. The molecule has 1 rings (SSSR count). The molecule has 2 heteroatoms. The van der Waals surface area contributed by atoms with Crippen LogP contribution in [0.15, 0.2) is 18.3 Å². The Kier molecular flexibility index (Phi) is 6.96.